The van der Waals surface area contributed by atoms with E-state index >= 15 is 0 Å². The lowest BCUT2D eigenvalue weighted by atomic mass is 9.99. The lowest BCUT2D eigenvalue weighted by Crippen LogP contribution is -2.26. The molecule has 0 spiro atoms. The predicted molar refractivity (Wildman–Crippen MR) is 120 cm³/mol. The first-order valence-corrected chi connectivity index (χ1v) is 10.8. The quantitative estimate of drug-likeness (QED) is 0.516. The van der Waals surface area contributed by atoms with Gasteiger partial charge in [-0.1, -0.05) is 12.1 Å². The number of nitrogens with one attached hydrogen (secondary N) is 1. The van der Waals surface area contributed by atoms with Crippen molar-refractivity contribution in [3.05, 3.63) is 70.9 Å². The molecule has 0 amide bonds. The van der Waals surface area contributed by atoms with E-state index in [-0.39, 0.29) is 0 Å². The van der Waals surface area contributed by atoms with Gasteiger partial charge in [0.1, 0.15) is 5.82 Å². The summed E-state index contributed by atoms with van der Waals surface area (Å²) in [6.07, 6.45) is 4.80. The van der Waals surface area contributed by atoms with Crippen molar-refractivity contribution in [3.63, 3.8) is 0 Å². The molecule has 162 valence electrons. The fourth-order valence-corrected chi connectivity index (χ4v) is 4.66. The first-order valence-electron chi connectivity index (χ1n) is 10.8. The molecule has 2 N–H and O–H groups in total. The molecule has 2 aliphatic rings. The first kappa shape index (κ1) is 19.3. The molecule has 0 bridgehead atoms. The van der Waals surface area contributed by atoms with E-state index in [0.717, 1.165) is 37.2 Å². The van der Waals surface area contributed by atoms with Crippen molar-refractivity contribution >= 4 is 22.7 Å². The van der Waals surface area contributed by atoms with E-state index in [0.29, 0.717) is 34.9 Å². The van der Waals surface area contributed by atoms with Gasteiger partial charge < -0.3 is 15.3 Å². The summed E-state index contributed by atoms with van der Waals surface area (Å²) >= 11 is 0. The van der Waals surface area contributed by atoms with E-state index in [1.807, 2.05) is 18.2 Å². The molecular weight excluding hydrogens is 407 g/mol. The number of aliphatic hydroxyl groups excluding tert-OH is 1. The average molecular weight is 430 g/mol. The number of rotatable bonds is 3. The minimum absolute atomic E-state index is 0.325. The van der Waals surface area contributed by atoms with Gasteiger partial charge in [-0.05, 0) is 61.2 Å². The summed E-state index contributed by atoms with van der Waals surface area (Å²) in [4.78, 5) is 15.8. The zero-order chi connectivity index (χ0) is 21.8. The molecule has 8 heteroatoms. The molecule has 0 radical (unpaired) electrons. The molecule has 4 heterocycles. The Balaban J connectivity index is 1.37. The molecule has 4 aromatic rings. The summed E-state index contributed by atoms with van der Waals surface area (Å²) in [6.45, 7) is 1.98. The molecular formula is C24H23FN6O. The highest BCUT2D eigenvalue weighted by Crippen LogP contribution is 2.31. The van der Waals surface area contributed by atoms with Crippen molar-refractivity contribution in [2.24, 2.45) is 0 Å². The van der Waals surface area contributed by atoms with Crippen LogP contribution in [0.25, 0.3) is 16.9 Å². The van der Waals surface area contributed by atoms with Gasteiger partial charge in [0.2, 0.25) is 5.95 Å². The van der Waals surface area contributed by atoms with Crippen LogP contribution in [0.5, 0.6) is 0 Å². The summed E-state index contributed by atoms with van der Waals surface area (Å²) in [5, 5.41) is 13.8. The van der Waals surface area contributed by atoms with Crippen LogP contribution in [0.15, 0.2) is 42.7 Å². The zero-order valence-electron chi connectivity index (χ0n) is 17.7. The molecule has 7 nitrogen and oxygen atoms in total. The summed E-state index contributed by atoms with van der Waals surface area (Å²) in [5.74, 6) is 0.508. The summed E-state index contributed by atoms with van der Waals surface area (Å²) < 4.78 is 16.2. The number of fused-ring (bicyclic) bond motifs is 3. The van der Waals surface area contributed by atoms with Gasteiger partial charge in [-0.2, -0.15) is 4.98 Å². The molecule has 1 aliphatic heterocycles. The second kappa shape index (κ2) is 7.36. The molecule has 0 fully saturated rings. The number of likely N-dealkylation sites (N-methyl/N-ethyl adjacent to an activating group) is 1. The normalized spacial score (nSPS) is 18.0. The van der Waals surface area contributed by atoms with E-state index < -0.39 is 11.9 Å². The van der Waals surface area contributed by atoms with E-state index in [4.69, 9.17) is 0 Å². The Morgan fingerprint density at radius 3 is 2.88 bits per heavy atom. The van der Waals surface area contributed by atoms with Crippen molar-refractivity contribution in [1.82, 2.24) is 24.4 Å². The lowest BCUT2D eigenvalue weighted by molar-refractivity contribution is 0.176. The van der Waals surface area contributed by atoms with Crippen LogP contribution in [0.1, 0.15) is 34.9 Å². The number of anilines is 2. The van der Waals surface area contributed by atoms with Gasteiger partial charge in [0.15, 0.2) is 11.5 Å². The van der Waals surface area contributed by atoms with Crippen molar-refractivity contribution in [2.45, 2.75) is 31.9 Å². The van der Waals surface area contributed by atoms with Gasteiger partial charge in [0.05, 0.1) is 17.2 Å². The Morgan fingerprint density at radius 2 is 1.97 bits per heavy atom. The Morgan fingerprint density at radius 1 is 1.09 bits per heavy atom. The monoisotopic (exact) mass is 430 g/mol. The maximum atomic E-state index is 14.6. The van der Waals surface area contributed by atoms with Crippen LogP contribution in [0.4, 0.5) is 16.0 Å². The Labute approximate surface area is 184 Å². The number of hydrogen-bond donors (Lipinski definition) is 2. The highest BCUT2D eigenvalue weighted by molar-refractivity contribution is 5.79. The van der Waals surface area contributed by atoms with Crippen LogP contribution in [0, 0.1) is 5.82 Å². The minimum atomic E-state index is -0.577. The average Bonchev–Trinajstić information content (AvgIpc) is 3.33. The van der Waals surface area contributed by atoms with Crippen molar-refractivity contribution in [3.8, 4) is 5.82 Å². The fraction of sp³-hybridized carbons (Fsp3) is 0.292. The number of benzene rings is 1. The molecule has 6 rings (SSSR count). The van der Waals surface area contributed by atoms with Gasteiger partial charge >= 0.3 is 0 Å². The largest absolute Gasteiger partial charge is 0.387 e. The highest BCUT2D eigenvalue weighted by atomic mass is 19.1. The zero-order valence-corrected chi connectivity index (χ0v) is 17.7. The number of hydrogen-bond acceptors (Lipinski definition) is 6. The smallest absolute Gasteiger partial charge is 0.229 e. The second-order valence-electron chi connectivity index (χ2n) is 8.64. The van der Waals surface area contributed by atoms with Crippen molar-refractivity contribution in [1.29, 1.82) is 0 Å². The third-order valence-corrected chi connectivity index (χ3v) is 6.41. The van der Waals surface area contributed by atoms with Gasteiger partial charge in [-0.15, -0.1) is 0 Å². The molecule has 0 saturated heterocycles. The SMILES string of the molecule is CN1CCc2ccc(Nc3ncc4c(F)cn(-c5ccc6c(n5)C(O)CC6)c4n3)cc2C1. The van der Waals surface area contributed by atoms with E-state index in [1.165, 1.54) is 23.5 Å². The number of pyridine rings is 1. The third-order valence-electron chi connectivity index (χ3n) is 6.41. The highest BCUT2D eigenvalue weighted by Gasteiger charge is 2.23. The summed E-state index contributed by atoms with van der Waals surface area (Å²) in [5.41, 5.74) is 5.68. The second-order valence-corrected chi connectivity index (χ2v) is 8.64. The van der Waals surface area contributed by atoms with Crippen molar-refractivity contribution < 1.29 is 9.50 Å². The summed E-state index contributed by atoms with van der Waals surface area (Å²) in [7, 11) is 2.12. The number of aryl methyl sites for hydroxylation is 1. The Bertz CT molecular complexity index is 1350. The molecule has 32 heavy (non-hydrogen) atoms. The molecule has 1 unspecified atom stereocenters. The summed E-state index contributed by atoms with van der Waals surface area (Å²) in [6, 6.07) is 10.1. The topological polar surface area (TPSA) is 79.1 Å². The van der Waals surface area contributed by atoms with Crippen LogP contribution in [-0.4, -0.2) is 43.1 Å². The molecule has 0 saturated carbocycles. The fourth-order valence-electron chi connectivity index (χ4n) is 4.66. The third kappa shape index (κ3) is 3.23. The molecule has 1 aromatic carbocycles. The maximum absolute atomic E-state index is 14.6. The van der Waals surface area contributed by atoms with E-state index in [2.05, 4.69) is 44.3 Å². The molecule has 1 aliphatic carbocycles. The van der Waals surface area contributed by atoms with Crippen LogP contribution < -0.4 is 5.32 Å². The molecule has 1 atom stereocenters. The molecule has 3 aromatic heterocycles. The van der Waals surface area contributed by atoms with Gasteiger partial charge in [-0.25, -0.2) is 14.4 Å². The van der Waals surface area contributed by atoms with Crippen LogP contribution in [-0.2, 0) is 19.4 Å². The van der Waals surface area contributed by atoms with Gasteiger partial charge in [0, 0.05) is 31.2 Å². The Hall–Kier alpha value is -3.36. The van der Waals surface area contributed by atoms with E-state index in [1.54, 1.807) is 4.57 Å². The lowest BCUT2D eigenvalue weighted by Gasteiger charge is -2.25. The Kier molecular flexibility index (Phi) is 4.44. The number of aromatic nitrogens is 4. The van der Waals surface area contributed by atoms with Crippen LogP contribution >= 0.6 is 0 Å². The number of aliphatic hydroxyl groups is 1. The minimum Gasteiger partial charge on any atom is -0.387 e. The number of nitrogens with zero attached hydrogens (tertiary/aromatic N) is 5. The van der Waals surface area contributed by atoms with Gasteiger partial charge in [-0.3, -0.25) is 4.57 Å². The maximum Gasteiger partial charge on any atom is 0.229 e. The number of halogens is 1. The first-order chi connectivity index (χ1) is 15.5. The van der Waals surface area contributed by atoms with Crippen molar-refractivity contribution in [2.75, 3.05) is 18.9 Å². The van der Waals surface area contributed by atoms with E-state index in [9.17, 15) is 9.50 Å². The predicted octanol–water partition coefficient (Wildman–Crippen LogP) is 3.67. The van der Waals surface area contributed by atoms with Crippen LogP contribution in [0.3, 0.4) is 0 Å². The van der Waals surface area contributed by atoms with Gasteiger partial charge in [0.25, 0.3) is 0 Å². The standard InChI is InChI=1S/C24H23FN6O/c1-30-9-8-14-2-5-17(10-16(14)12-30)27-24-26-11-18-19(25)13-31(23(18)29-24)21-7-4-15-3-6-20(32)22(15)28-21/h2,4-5,7,10-11,13,20,32H,3,6,8-9,12H2,1H3,(H,26,27,29). The van der Waals surface area contributed by atoms with Crippen LogP contribution in [0.2, 0.25) is 0 Å².